The number of esters is 1. The zero-order valence-electron chi connectivity index (χ0n) is 10.1. The molecule has 96 valence electrons. The highest BCUT2D eigenvalue weighted by Crippen LogP contribution is 2.23. The lowest BCUT2D eigenvalue weighted by Crippen LogP contribution is -2.30. The molecule has 1 fully saturated rings. The molecule has 6 nitrogen and oxygen atoms in total. The summed E-state index contributed by atoms with van der Waals surface area (Å²) in [5, 5.41) is 0. The van der Waals surface area contributed by atoms with Gasteiger partial charge in [-0.1, -0.05) is 0 Å². The summed E-state index contributed by atoms with van der Waals surface area (Å²) in [6, 6.07) is 3.02. The number of carbonyl (C=O) groups excluding carboxylic acids is 2. The summed E-state index contributed by atoms with van der Waals surface area (Å²) in [4.78, 5) is 29.1. The van der Waals surface area contributed by atoms with Gasteiger partial charge in [0, 0.05) is 25.2 Å². The minimum Gasteiger partial charge on any atom is -0.462 e. The minimum absolute atomic E-state index is 0.119. The highest BCUT2D eigenvalue weighted by Gasteiger charge is 2.31. The molecule has 0 aliphatic carbocycles. The number of aromatic nitrogens is 1. The lowest BCUT2D eigenvalue weighted by atomic mass is 10.2. The van der Waals surface area contributed by atoms with Crippen molar-refractivity contribution in [2.75, 3.05) is 18.1 Å². The van der Waals surface area contributed by atoms with E-state index < -0.39 is 5.97 Å². The summed E-state index contributed by atoms with van der Waals surface area (Å²) in [6.07, 6.45) is 1.81. The molecular formula is C12H15N3O3. The molecule has 1 aliphatic rings. The molecule has 0 radical (unpaired) electrons. The average molecular weight is 249 g/mol. The predicted octanol–water partition coefficient (Wildman–Crippen LogP) is 0.322. The summed E-state index contributed by atoms with van der Waals surface area (Å²) < 4.78 is 4.94. The number of anilines is 1. The molecule has 18 heavy (non-hydrogen) atoms. The molecule has 0 bridgehead atoms. The topological polar surface area (TPSA) is 85.5 Å². The first-order valence-electron chi connectivity index (χ1n) is 5.81. The van der Waals surface area contributed by atoms with Gasteiger partial charge in [-0.2, -0.15) is 0 Å². The van der Waals surface area contributed by atoms with Crippen LogP contribution in [0.2, 0.25) is 0 Å². The molecule has 6 heteroatoms. The zero-order chi connectivity index (χ0) is 13.1. The largest absolute Gasteiger partial charge is 0.462 e. The van der Waals surface area contributed by atoms with Crippen molar-refractivity contribution in [2.45, 2.75) is 19.4 Å². The highest BCUT2D eigenvalue weighted by atomic mass is 16.5. The first-order chi connectivity index (χ1) is 8.63. The number of nitrogens with zero attached hydrogens (tertiary/aromatic N) is 2. The van der Waals surface area contributed by atoms with E-state index in [-0.39, 0.29) is 25.0 Å². The first kappa shape index (κ1) is 12.5. The third-order valence-electron chi connectivity index (χ3n) is 2.69. The number of pyridine rings is 1. The Morgan fingerprint density at radius 2 is 2.44 bits per heavy atom. The molecule has 1 aliphatic heterocycles. The second kappa shape index (κ2) is 5.14. The van der Waals surface area contributed by atoms with E-state index in [1.165, 1.54) is 11.1 Å². The van der Waals surface area contributed by atoms with Crippen molar-refractivity contribution < 1.29 is 14.3 Å². The van der Waals surface area contributed by atoms with Gasteiger partial charge in [0.25, 0.3) is 0 Å². The van der Waals surface area contributed by atoms with Crippen molar-refractivity contribution in [3.05, 3.63) is 23.9 Å². The van der Waals surface area contributed by atoms with Gasteiger partial charge in [-0.25, -0.2) is 9.78 Å². The van der Waals surface area contributed by atoms with Gasteiger partial charge >= 0.3 is 5.97 Å². The van der Waals surface area contributed by atoms with Crippen molar-refractivity contribution in [3.63, 3.8) is 0 Å². The number of nitrogens with two attached hydrogens (primary N) is 1. The lowest BCUT2D eigenvalue weighted by molar-refractivity contribution is -0.117. The molecule has 0 spiro atoms. The molecule has 0 aromatic carbocycles. The molecule has 1 atom stereocenters. The average Bonchev–Trinajstić information content (AvgIpc) is 2.69. The van der Waals surface area contributed by atoms with Crippen LogP contribution in [0.3, 0.4) is 0 Å². The van der Waals surface area contributed by atoms with E-state index in [1.54, 1.807) is 19.1 Å². The summed E-state index contributed by atoms with van der Waals surface area (Å²) >= 11 is 0. The number of hydrogen-bond acceptors (Lipinski definition) is 5. The van der Waals surface area contributed by atoms with E-state index in [0.29, 0.717) is 17.9 Å². The van der Waals surface area contributed by atoms with Crippen LogP contribution in [-0.2, 0) is 9.53 Å². The monoisotopic (exact) mass is 249 g/mol. The molecule has 1 aromatic heterocycles. The minimum atomic E-state index is -0.478. The van der Waals surface area contributed by atoms with Crippen molar-refractivity contribution in [2.24, 2.45) is 5.73 Å². The van der Waals surface area contributed by atoms with Crippen LogP contribution in [0.25, 0.3) is 0 Å². The third kappa shape index (κ3) is 2.33. The van der Waals surface area contributed by atoms with Crippen LogP contribution in [-0.4, -0.2) is 36.1 Å². The van der Waals surface area contributed by atoms with Gasteiger partial charge in [0.1, 0.15) is 11.4 Å². The fraction of sp³-hybridized carbons (Fsp3) is 0.417. The molecule has 2 N–H and O–H groups in total. The van der Waals surface area contributed by atoms with Gasteiger partial charge < -0.3 is 10.5 Å². The van der Waals surface area contributed by atoms with Gasteiger partial charge in [-0.15, -0.1) is 0 Å². The zero-order valence-corrected chi connectivity index (χ0v) is 10.1. The summed E-state index contributed by atoms with van der Waals surface area (Å²) in [5.41, 5.74) is 6.02. The van der Waals surface area contributed by atoms with Crippen molar-refractivity contribution in [3.8, 4) is 0 Å². The molecule has 1 aromatic rings. The summed E-state index contributed by atoms with van der Waals surface area (Å²) in [5.74, 6) is -0.269. The number of rotatable bonds is 3. The van der Waals surface area contributed by atoms with Gasteiger partial charge in [0.05, 0.1) is 6.61 Å². The van der Waals surface area contributed by atoms with E-state index >= 15 is 0 Å². The van der Waals surface area contributed by atoms with Gasteiger partial charge in [0.15, 0.2) is 0 Å². The van der Waals surface area contributed by atoms with Crippen molar-refractivity contribution in [1.29, 1.82) is 0 Å². The Hall–Kier alpha value is -1.95. The third-order valence-corrected chi connectivity index (χ3v) is 2.69. The maximum Gasteiger partial charge on any atom is 0.341 e. The standard InChI is InChI=1S/C12H15N3O3/c1-2-18-12(17)9-4-3-5-14-11(9)15-7-8(13)6-10(15)16/h3-5,8H,2,6-7,13H2,1H3. The molecule has 2 heterocycles. The Morgan fingerprint density at radius 3 is 3.06 bits per heavy atom. The Kier molecular flexibility index (Phi) is 3.57. The maximum atomic E-state index is 11.8. The summed E-state index contributed by atoms with van der Waals surface area (Å²) in [6.45, 7) is 2.38. The molecular weight excluding hydrogens is 234 g/mol. The fourth-order valence-corrected chi connectivity index (χ4v) is 1.92. The van der Waals surface area contributed by atoms with E-state index in [4.69, 9.17) is 10.5 Å². The van der Waals surface area contributed by atoms with Crippen LogP contribution in [0, 0.1) is 0 Å². The maximum absolute atomic E-state index is 11.8. The van der Waals surface area contributed by atoms with Crippen molar-refractivity contribution in [1.82, 2.24) is 4.98 Å². The van der Waals surface area contributed by atoms with E-state index in [2.05, 4.69) is 4.98 Å². The first-order valence-corrected chi connectivity index (χ1v) is 5.81. The van der Waals surface area contributed by atoms with E-state index in [1.807, 2.05) is 0 Å². The van der Waals surface area contributed by atoms with Crippen molar-refractivity contribution >= 4 is 17.7 Å². The molecule has 1 unspecified atom stereocenters. The number of hydrogen-bond donors (Lipinski definition) is 1. The second-order valence-corrected chi connectivity index (χ2v) is 4.06. The van der Waals surface area contributed by atoms with E-state index in [0.717, 1.165) is 0 Å². The normalized spacial score (nSPS) is 19.1. The number of carbonyl (C=O) groups is 2. The van der Waals surface area contributed by atoms with Crippen LogP contribution in [0.5, 0.6) is 0 Å². The lowest BCUT2D eigenvalue weighted by Gasteiger charge is -2.17. The van der Waals surface area contributed by atoms with Crippen LogP contribution < -0.4 is 10.6 Å². The van der Waals surface area contributed by atoms with Crippen LogP contribution in [0.15, 0.2) is 18.3 Å². The fourth-order valence-electron chi connectivity index (χ4n) is 1.92. The Morgan fingerprint density at radius 1 is 1.67 bits per heavy atom. The van der Waals surface area contributed by atoms with Gasteiger partial charge in [-0.05, 0) is 19.1 Å². The summed E-state index contributed by atoms with van der Waals surface area (Å²) in [7, 11) is 0. The van der Waals surface area contributed by atoms with Gasteiger partial charge in [0.2, 0.25) is 5.91 Å². The Balaban J connectivity index is 2.33. The predicted molar refractivity (Wildman–Crippen MR) is 65.1 cm³/mol. The Labute approximate surface area is 105 Å². The van der Waals surface area contributed by atoms with Crippen LogP contribution in [0.1, 0.15) is 23.7 Å². The highest BCUT2D eigenvalue weighted by molar-refractivity contribution is 6.02. The number of ether oxygens (including phenoxy) is 1. The second-order valence-electron chi connectivity index (χ2n) is 4.06. The molecule has 2 rings (SSSR count). The quantitative estimate of drug-likeness (QED) is 0.780. The van der Waals surface area contributed by atoms with Gasteiger partial charge in [-0.3, -0.25) is 9.69 Å². The number of amides is 1. The van der Waals surface area contributed by atoms with Crippen LogP contribution in [0.4, 0.5) is 5.82 Å². The van der Waals surface area contributed by atoms with E-state index in [9.17, 15) is 9.59 Å². The SMILES string of the molecule is CCOC(=O)c1cccnc1N1CC(N)CC1=O. The Bertz CT molecular complexity index is 475. The molecule has 1 saturated heterocycles. The smallest absolute Gasteiger partial charge is 0.341 e. The van der Waals surface area contributed by atoms with Crippen LogP contribution >= 0.6 is 0 Å². The molecule has 0 saturated carbocycles. The molecule has 1 amide bonds.